The lowest BCUT2D eigenvalue weighted by atomic mass is 9.98. The third-order valence-electron chi connectivity index (χ3n) is 2.86. The highest BCUT2D eigenvalue weighted by Gasteiger charge is 2.55. The van der Waals surface area contributed by atoms with Crippen LogP contribution < -0.4 is 0 Å². The third kappa shape index (κ3) is 1.66. The molecule has 1 N–H and O–H groups in total. The Bertz CT molecular complexity index is 384. The minimum absolute atomic E-state index is 0.313. The Kier molecular flexibility index (Phi) is 2.52. The second-order valence-electron chi connectivity index (χ2n) is 3.85. The van der Waals surface area contributed by atoms with Gasteiger partial charge in [-0.05, 0) is 19.8 Å². The van der Waals surface area contributed by atoms with E-state index in [-0.39, 0.29) is 5.41 Å². The summed E-state index contributed by atoms with van der Waals surface area (Å²) in [4.78, 5) is 16.3. The molecule has 1 unspecified atom stereocenters. The minimum Gasteiger partial charge on any atom is -0.479 e. The number of nitrogens with zero attached hydrogens (tertiary/aromatic N) is 1. The third-order valence-corrected chi connectivity index (χ3v) is 4.00. The zero-order chi connectivity index (χ0) is 11.1. The van der Waals surface area contributed by atoms with Crippen molar-refractivity contribution in [3.63, 3.8) is 0 Å². The number of methoxy groups -OCH3 is 1. The van der Waals surface area contributed by atoms with Gasteiger partial charge in [-0.25, -0.2) is 9.78 Å². The zero-order valence-electron chi connectivity index (χ0n) is 8.69. The van der Waals surface area contributed by atoms with Crippen LogP contribution in [0.25, 0.3) is 0 Å². The van der Waals surface area contributed by atoms with Crippen molar-refractivity contribution in [2.24, 2.45) is 0 Å². The quantitative estimate of drug-likeness (QED) is 0.848. The molecule has 1 fully saturated rings. The fraction of sp³-hybridized carbons (Fsp3) is 0.600. The van der Waals surface area contributed by atoms with Crippen molar-refractivity contribution < 1.29 is 14.6 Å². The predicted molar refractivity (Wildman–Crippen MR) is 56.2 cm³/mol. The largest absolute Gasteiger partial charge is 0.479 e. The van der Waals surface area contributed by atoms with Crippen LogP contribution in [0.3, 0.4) is 0 Å². The SMILES string of the molecule is COC(C(=O)O)C1(c2cnc(C)s2)CC1. The van der Waals surface area contributed by atoms with Crippen LogP contribution in [0.5, 0.6) is 0 Å². The van der Waals surface area contributed by atoms with Crippen LogP contribution in [-0.4, -0.2) is 29.3 Å². The molecule has 0 aliphatic heterocycles. The summed E-state index contributed by atoms with van der Waals surface area (Å²) in [5, 5.41) is 10.0. The molecule has 82 valence electrons. The molecule has 0 bridgehead atoms. The molecule has 1 atom stereocenters. The maximum Gasteiger partial charge on any atom is 0.333 e. The number of hydrogen-bond acceptors (Lipinski definition) is 4. The summed E-state index contributed by atoms with van der Waals surface area (Å²) in [5.74, 6) is -0.888. The number of carbonyl (C=O) groups is 1. The van der Waals surface area contributed by atoms with E-state index in [1.165, 1.54) is 7.11 Å². The second-order valence-corrected chi connectivity index (χ2v) is 5.09. The monoisotopic (exact) mass is 227 g/mol. The van der Waals surface area contributed by atoms with Crippen molar-refractivity contribution in [3.8, 4) is 0 Å². The number of carboxylic acid groups (broad SMARTS) is 1. The number of aliphatic carboxylic acids is 1. The minimum atomic E-state index is -0.888. The highest BCUT2D eigenvalue weighted by Crippen LogP contribution is 2.53. The molecule has 1 heterocycles. The van der Waals surface area contributed by atoms with Crippen LogP contribution in [0.1, 0.15) is 22.7 Å². The Balaban J connectivity index is 2.30. The van der Waals surface area contributed by atoms with Gasteiger partial charge < -0.3 is 9.84 Å². The molecule has 0 aromatic carbocycles. The molecule has 1 aromatic rings. The van der Waals surface area contributed by atoms with Crippen molar-refractivity contribution in [1.29, 1.82) is 0 Å². The second kappa shape index (κ2) is 3.57. The number of aromatic nitrogens is 1. The van der Waals surface area contributed by atoms with Crippen molar-refractivity contribution in [2.45, 2.75) is 31.3 Å². The molecule has 5 heteroatoms. The number of hydrogen-bond donors (Lipinski definition) is 1. The van der Waals surface area contributed by atoms with Gasteiger partial charge in [0.15, 0.2) is 6.10 Å². The van der Waals surface area contributed by atoms with E-state index in [0.717, 1.165) is 22.7 Å². The molecule has 0 amide bonds. The molecule has 2 rings (SSSR count). The first-order chi connectivity index (χ1) is 7.10. The number of thiazole rings is 1. The van der Waals surface area contributed by atoms with E-state index < -0.39 is 12.1 Å². The maximum atomic E-state index is 11.1. The fourth-order valence-electron chi connectivity index (χ4n) is 1.93. The maximum absolute atomic E-state index is 11.1. The number of rotatable bonds is 4. The van der Waals surface area contributed by atoms with E-state index in [2.05, 4.69) is 4.98 Å². The molecule has 15 heavy (non-hydrogen) atoms. The number of aryl methyl sites for hydroxylation is 1. The molecule has 1 aliphatic rings. The van der Waals surface area contributed by atoms with Gasteiger partial charge in [0, 0.05) is 23.6 Å². The number of ether oxygens (including phenoxy) is 1. The Morgan fingerprint density at radius 1 is 1.73 bits per heavy atom. The van der Waals surface area contributed by atoms with Crippen LogP contribution in [0.15, 0.2) is 6.20 Å². The first-order valence-corrected chi connectivity index (χ1v) is 5.60. The Morgan fingerprint density at radius 3 is 2.73 bits per heavy atom. The molecular weight excluding hydrogens is 214 g/mol. The van der Waals surface area contributed by atoms with Gasteiger partial charge in [0.25, 0.3) is 0 Å². The van der Waals surface area contributed by atoms with Gasteiger partial charge >= 0.3 is 5.97 Å². The topological polar surface area (TPSA) is 59.4 Å². The highest BCUT2D eigenvalue weighted by atomic mass is 32.1. The number of carboxylic acids is 1. The van der Waals surface area contributed by atoms with Crippen molar-refractivity contribution >= 4 is 17.3 Å². The van der Waals surface area contributed by atoms with Gasteiger partial charge in [0.1, 0.15) is 0 Å². The molecule has 1 aliphatic carbocycles. The average molecular weight is 227 g/mol. The van der Waals surface area contributed by atoms with E-state index >= 15 is 0 Å². The Hall–Kier alpha value is -0.940. The average Bonchev–Trinajstić information content (AvgIpc) is 2.83. The van der Waals surface area contributed by atoms with E-state index in [4.69, 9.17) is 9.84 Å². The van der Waals surface area contributed by atoms with Gasteiger partial charge in [-0.1, -0.05) is 0 Å². The summed E-state index contributed by atoms with van der Waals surface area (Å²) in [7, 11) is 1.45. The summed E-state index contributed by atoms with van der Waals surface area (Å²) in [6.45, 7) is 1.92. The molecule has 0 spiro atoms. The molecule has 4 nitrogen and oxygen atoms in total. The summed E-state index contributed by atoms with van der Waals surface area (Å²) >= 11 is 1.56. The van der Waals surface area contributed by atoms with E-state index in [9.17, 15) is 4.79 Å². The van der Waals surface area contributed by atoms with Crippen LogP contribution in [0.4, 0.5) is 0 Å². The first-order valence-electron chi connectivity index (χ1n) is 4.78. The normalized spacial score (nSPS) is 19.9. The summed E-state index contributed by atoms with van der Waals surface area (Å²) < 4.78 is 5.08. The standard InChI is InChI=1S/C10H13NO3S/c1-6-11-5-7(15-6)10(3-4-10)8(14-2)9(12)13/h5,8H,3-4H2,1-2H3,(H,12,13). The van der Waals surface area contributed by atoms with Crippen LogP contribution in [-0.2, 0) is 14.9 Å². The Labute approximate surface area is 91.9 Å². The lowest BCUT2D eigenvalue weighted by molar-refractivity contribution is -0.150. The van der Waals surface area contributed by atoms with E-state index in [1.54, 1.807) is 17.5 Å². The molecular formula is C10H13NO3S. The Morgan fingerprint density at radius 2 is 2.40 bits per heavy atom. The predicted octanol–water partition coefficient (Wildman–Crippen LogP) is 1.58. The van der Waals surface area contributed by atoms with E-state index in [0.29, 0.717) is 0 Å². The van der Waals surface area contributed by atoms with Crippen molar-refractivity contribution in [1.82, 2.24) is 4.98 Å². The summed E-state index contributed by atoms with van der Waals surface area (Å²) in [6, 6.07) is 0. The molecule has 1 saturated carbocycles. The summed E-state index contributed by atoms with van der Waals surface area (Å²) in [6.07, 6.45) is 2.79. The van der Waals surface area contributed by atoms with Gasteiger partial charge in [0.2, 0.25) is 0 Å². The van der Waals surface area contributed by atoms with Crippen molar-refractivity contribution in [3.05, 3.63) is 16.1 Å². The van der Waals surface area contributed by atoms with Crippen LogP contribution in [0, 0.1) is 6.92 Å². The fourth-order valence-corrected chi connectivity index (χ4v) is 2.97. The first kappa shape index (κ1) is 10.6. The van der Waals surface area contributed by atoms with Crippen LogP contribution in [0.2, 0.25) is 0 Å². The zero-order valence-corrected chi connectivity index (χ0v) is 9.50. The molecule has 0 saturated heterocycles. The molecule has 1 aromatic heterocycles. The lowest BCUT2D eigenvalue weighted by Gasteiger charge is -2.20. The van der Waals surface area contributed by atoms with Crippen LogP contribution >= 0.6 is 11.3 Å². The lowest BCUT2D eigenvalue weighted by Crippen LogP contribution is -2.35. The van der Waals surface area contributed by atoms with Gasteiger partial charge in [-0.15, -0.1) is 11.3 Å². The van der Waals surface area contributed by atoms with Gasteiger partial charge in [-0.2, -0.15) is 0 Å². The van der Waals surface area contributed by atoms with Gasteiger partial charge in [0.05, 0.1) is 5.01 Å². The highest BCUT2D eigenvalue weighted by molar-refractivity contribution is 7.11. The smallest absolute Gasteiger partial charge is 0.333 e. The van der Waals surface area contributed by atoms with Gasteiger partial charge in [-0.3, -0.25) is 0 Å². The van der Waals surface area contributed by atoms with E-state index in [1.807, 2.05) is 6.92 Å². The van der Waals surface area contributed by atoms with Crippen molar-refractivity contribution in [2.75, 3.05) is 7.11 Å². The molecule has 0 radical (unpaired) electrons. The summed E-state index contributed by atoms with van der Waals surface area (Å²) in [5.41, 5.74) is -0.313.